The van der Waals surface area contributed by atoms with Crippen molar-refractivity contribution < 1.29 is 12.8 Å². The fraction of sp³-hybridized carbons (Fsp3) is 0.438. The minimum Gasteiger partial charge on any atom is -0.302 e. The number of halogens is 1. The lowest BCUT2D eigenvalue weighted by Gasteiger charge is -2.21. The third-order valence-electron chi connectivity index (χ3n) is 4.17. The summed E-state index contributed by atoms with van der Waals surface area (Å²) in [6.45, 7) is 3.40. The summed E-state index contributed by atoms with van der Waals surface area (Å²) in [7, 11) is -3.55. The van der Waals surface area contributed by atoms with Crippen LogP contribution in [0.3, 0.4) is 0 Å². The predicted molar refractivity (Wildman–Crippen MR) is 92.0 cm³/mol. The van der Waals surface area contributed by atoms with Gasteiger partial charge in [-0.1, -0.05) is 0 Å². The summed E-state index contributed by atoms with van der Waals surface area (Å²) < 4.78 is 39.9. The summed E-state index contributed by atoms with van der Waals surface area (Å²) in [5, 5.41) is 2.04. The molecule has 5 nitrogen and oxygen atoms in total. The molecule has 1 saturated heterocycles. The van der Waals surface area contributed by atoms with Crippen LogP contribution < -0.4 is 0 Å². The molecule has 0 bridgehead atoms. The van der Waals surface area contributed by atoms with Crippen molar-refractivity contribution in [2.45, 2.75) is 17.7 Å². The summed E-state index contributed by atoms with van der Waals surface area (Å²) in [4.78, 5) is 6.71. The van der Waals surface area contributed by atoms with Crippen molar-refractivity contribution in [3.05, 3.63) is 46.7 Å². The highest BCUT2D eigenvalue weighted by Gasteiger charge is 2.26. The Morgan fingerprint density at radius 3 is 2.62 bits per heavy atom. The Morgan fingerprint density at radius 2 is 1.92 bits per heavy atom. The first kappa shape index (κ1) is 17.5. The maximum absolute atomic E-state index is 13.0. The number of benzene rings is 1. The van der Waals surface area contributed by atoms with Crippen LogP contribution in [0.4, 0.5) is 4.39 Å². The zero-order chi connectivity index (χ0) is 17.0. The van der Waals surface area contributed by atoms with Crippen molar-refractivity contribution in [3.63, 3.8) is 0 Å². The zero-order valence-corrected chi connectivity index (χ0v) is 14.9. The number of hydrogen-bond donors (Lipinski definition) is 0. The molecule has 24 heavy (non-hydrogen) atoms. The molecule has 0 N–H and O–H groups in total. The Hall–Kier alpha value is -1.35. The number of rotatable bonds is 5. The van der Waals surface area contributed by atoms with E-state index < -0.39 is 15.8 Å². The van der Waals surface area contributed by atoms with Gasteiger partial charge in [0.15, 0.2) is 0 Å². The second kappa shape index (κ2) is 7.69. The van der Waals surface area contributed by atoms with Crippen LogP contribution in [0.15, 0.2) is 40.1 Å². The van der Waals surface area contributed by atoms with Gasteiger partial charge in [0.1, 0.15) is 5.82 Å². The standard InChI is InChI=1S/C16H20FN3O2S2/c17-14-2-4-16(5-3-14)24(21,22)20-8-1-7-19(10-11-20)9-6-15-12-23-13-18-15/h2-5,12-13H,1,6-11H2. The van der Waals surface area contributed by atoms with Crippen LogP contribution in [0.25, 0.3) is 0 Å². The second-order valence-corrected chi connectivity index (χ2v) is 8.44. The highest BCUT2D eigenvalue weighted by Crippen LogP contribution is 2.18. The Kier molecular flexibility index (Phi) is 5.60. The van der Waals surface area contributed by atoms with Gasteiger partial charge >= 0.3 is 0 Å². The lowest BCUT2D eigenvalue weighted by molar-refractivity contribution is 0.289. The zero-order valence-electron chi connectivity index (χ0n) is 13.3. The molecule has 1 aromatic carbocycles. The van der Waals surface area contributed by atoms with Crippen LogP contribution in [0.1, 0.15) is 12.1 Å². The molecule has 0 aliphatic carbocycles. The Morgan fingerprint density at radius 1 is 1.12 bits per heavy atom. The van der Waals surface area contributed by atoms with Crippen LogP contribution in [-0.4, -0.2) is 55.3 Å². The highest BCUT2D eigenvalue weighted by atomic mass is 32.2. The van der Waals surface area contributed by atoms with Crippen molar-refractivity contribution in [1.29, 1.82) is 0 Å². The van der Waals surface area contributed by atoms with Gasteiger partial charge in [-0.25, -0.2) is 17.8 Å². The van der Waals surface area contributed by atoms with Crippen LogP contribution in [0.2, 0.25) is 0 Å². The molecule has 0 amide bonds. The molecule has 0 radical (unpaired) electrons. The third-order valence-corrected chi connectivity index (χ3v) is 6.71. The first-order valence-electron chi connectivity index (χ1n) is 7.91. The Labute approximate surface area is 145 Å². The normalized spacial score (nSPS) is 17.7. The Bertz CT molecular complexity index is 748. The summed E-state index contributed by atoms with van der Waals surface area (Å²) in [5.41, 5.74) is 2.91. The highest BCUT2D eigenvalue weighted by molar-refractivity contribution is 7.89. The summed E-state index contributed by atoms with van der Waals surface area (Å²) in [6.07, 6.45) is 1.67. The fourth-order valence-electron chi connectivity index (χ4n) is 2.80. The van der Waals surface area contributed by atoms with Crippen LogP contribution in [-0.2, 0) is 16.4 Å². The fourth-order valence-corrected chi connectivity index (χ4v) is 4.86. The monoisotopic (exact) mass is 369 g/mol. The molecule has 1 aromatic heterocycles. The first-order chi connectivity index (χ1) is 11.6. The van der Waals surface area contributed by atoms with Gasteiger partial charge in [0.05, 0.1) is 16.1 Å². The van der Waals surface area contributed by atoms with Crippen molar-refractivity contribution in [2.24, 2.45) is 0 Å². The van der Waals surface area contributed by atoms with Crippen molar-refractivity contribution in [2.75, 3.05) is 32.7 Å². The Balaban J connectivity index is 1.61. The average molecular weight is 369 g/mol. The van der Waals surface area contributed by atoms with E-state index in [0.29, 0.717) is 19.6 Å². The van der Waals surface area contributed by atoms with Gasteiger partial charge in [-0.3, -0.25) is 0 Å². The lowest BCUT2D eigenvalue weighted by Crippen LogP contribution is -2.35. The van der Waals surface area contributed by atoms with Gasteiger partial charge in [-0.2, -0.15) is 4.31 Å². The number of thiazole rings is 1. The van der Waals surface area contributed by atoms with E-state index in [1.54, 1.807) is 11.3 Å². The molecule has 1 aliphatic heterocycles. The predicted octanol–water partition coefficient (Wildman–Crippen LogP) is 2.22. The van der Waals surface area contributed by atoms with E-state index in [-0.39, 0.29) is 4.90 Å². The number of hydrogen-bond acceptors (Lipinski definition) is 5. The van der Waals surface area contributed by atoms with E-state index in [2.05, 4.69) is 9.88 Å². The van der Waals surface area contributed by atoms with E-state index in [4.69, 9.17) is 0 Å². The van der Waals surface area contributed by atoms with Crippen molar-refractivity contribution in [1.82, 2.24) is 14.2 Å². The number of sulfonamides is 1. The quantitative estimate of drug-likeness (QED) is 0.811. The molecule has 0 spiro atoms. The smallest absolute Gasteiger partial charge is 0.243 e. The molecule has 1 fully saturated rings. The summed E-state index contributed by atoms with van der Waals surface area (Å²) in [5.74, 6) is -0.432. The van der Waals surface area contributed by atoms with E-state index in [1.165, 1.54) is 28.6 Å². The molecule has 0 atom stereocenters. The molecule has 1 aliphatic rings. The molecule has 130 valence electrons. The van der Waals surface area contributed by atoms with Gasteiger partial charge in [0.25, 0.3) is 0 Å². The number of aromatic nitrogens is 1. The topological polar surface area (TPSA) is 53.5 Å². The van der Waals surface area contributed by atoms with E-state index >= 15 is 0 Å². The maximum atomic E-state index is 13.0. The van der Waals surface area contributed by atoms with Crippen molar-refractivity contribution >= 4 is 21.4 Å². The molecule has 8 heteroatoms. The van der Waals surface area contributed by atoms with Gasteiger partial charge in [-0.05, 0) is 37.2 Å². The molecular weight excluding hydrogens is 349 g/mol. The van der Waals surface area contributed by atoms with Crippen LogP contribution in [0.5, 0.6) is 0 Å². The lowest BCUT2D eigenvalue weighted by atomic mass is 10.3. The van der Waals surface area contributed by atoms with E-state index in [1.807, 2.05) is 10.9 Å². The van der Waals surface area contributed by atoms with Crippen LogP contribution >= 0.6 is 11.3 Å². The van der Waals surface area contributed by atoms with Gasteiger partial charge in [0.2, 0.25) is 10.0 Å². The minimum absolute atomic E-state index is 0.153. The molecule has 3 rings (SSSR count). The summed E-state index contributed by atoms with van der Waals surface area (Å²) in [6, 6.07) is 5.03. The molecular formula is C16H20FN3O2S2. The number of nitrogens with zero attached hydrogens (tertiary/aromatic N) is 3. The third kappa shape index (κ3) is 4.18. The van der Waals surface area contributed by atoms with E-state index in [0.717, 1.165) is 31.6 Å². The summed E-state index contributed by atoms with van der Waals surface area (Å²) >= 11 is 1.59. The van der Waals surface area contributed by atoms with Crippen LogP contribution in [0, 0.1) is 5.82 Å². The van der Waals surface area contributed by atoms with E-state index in [9.17, 15) is 12.8 Å². The SMILES string of the molecule is O=S(=O)(c1ccc(F)cc1)N1CCCN(CCc2cscn2)CC1. The first-order valence-corrected chi connectivity index (χ1v) is 10.3. The van der Waals surface area contributed by atoms with Gasteiger partial charge < -0.3 is 4.90 Å². The average Bonchev–Trinajstić information content (AvgIpc) is 2.97. The second-order valence-electron chi connectivity index (χ2n) is 5.78. The van der Waals surface area contributed by atoms with Gasteiger partial charge in [-0.15, -0.1) is 11.3 Å². The molecule has 0 saturated carbocycles. The molecule has 2 aromatic rings. The minimum atomic E-state index is -3.55. The van der Waals surface area contributed by atoms with Gasteiger partial charge in [0, 0.05) is 38.0 Å². The maximum Gasteiger partial charge on any atom is 0.243 e. The molecule has 2 heterocycles. The largest absolute Gasteiger partial charge is 0.302 e. The molecule has 0 unspecified atom stereocenters. The van der Waals surface area contributed by atoms with Crippen molar-refractivity contribution in [3.8, 4) is 0 Å².